The average Bonchev–Trinajstić information content (AvgIpc) is 3.22. The van der Waals surface area contributed by atoms with E-state index in [0.717, 1.165) is 22.8 Å². The van der Waals surface area contributed by atoms with Gasteiger partial charge in [-0.3, -0.25) is 14.9 Å². The number of hydrogen-bond acceptors (Lipinski definition) is 7. The first kappa shape index (κ1) is 27.4. The van der Waals surface area contributed by atoms with Crippen molar-refractivity contribution >= 4 is 21.6 Å². The minimum atomic E-state index is -4.13. The van der Waals surface area contributed by atoms with Crippen molar-refractivity contribution in [3.05, 3.63) is 106 Å². The molecule has 3 aromatic rings. The van der Waals surface area contributed by atoms with E-state index < -0.39 is 45.7 Å². The molecule has 4 atom stereocenters. The number of non-ortho nitro benzene ring substituents is 1. The van der Waals surface area contributed by atoms with Crippen LogP contribution in [0.3, 0.4) is 0 Å². The maximum absolute atomic E-state index is 13.4. The van der Waals surface area contributed by atoms with Crippen molar-refractivity contribution < 1.29 is 28.3 Å². The number of nitrogens with zero attached hydrogens (tertiary/aromatic N) is 1. The van der Waals surface area contributed by atoms with Gasteiger partial charge in [0.15, 0.2) is 0 Å². The second kappa shape index (κ2) is 11.8. The number of hydrogen-bond donors (Lipinski definition) is 4. The highest BCUT2D eigenvalue weighted by Crippen LogP contribution is 2.32. The maximum atomic E-state index is 13.4. The van der Waals surface area contributed by atoms with Gasteiger partial charge in [0.25, 0.3) is 5.69 Å². The molecule has 0 fully saturated rings. The molecular weight excluding hydrogens is 510 g/mol. The Bertz CT molecular complexity index is 1400. The summed E-state index contributed by atoms with van der Waals surface area (Å²) < 4.78 is 27.6. The molecule has 0 radical (unpaired) electrons. The fourth-order valence-electron chi connectivity index (χ4n) is 4.67. The van der Waals surface area contributed by atoms with Crippen LogP contribution < -0.4 is 10.0 Å². The largest absolute Gasteiger partial charge is 0.392 e. The Morgan fingerprint density at radius 1 is 1.05 bits per heavy atom. The molecule has 1 amide bonds. The van der Waals surface area contributed by atoms with E-state index in [0.29, 0.717) is 12.8 Å². The van der Waals surface area contributed by atoms with Gasteiger partial charge >= 0.3 is 0 Å². The van der Waals surface area contributed by atoms with Gasteiger partial charge in [0, 0.05) is 31.0 Å². The number of benzene rings is 3. The summed E-state index contributed by atoms with van der Waals surface area (Å²) in [6, 6.07) is 20.7. The summed E-state index contributed by atoms with van der Waals surface area (Å²) in [6.07, 6.45) is -1.33. The molecule has 0 unspecified atom stereocenters. The van der Waals surface area contributed by atoms with Crippen molar-refractivity contribution in [3.63, 3.8) is 0 Å². The van der Waals surface area contributed by atoms with Crippen LogP contribution in [0.15, 0.2) is 83.8 Å². The number of nitrogens with one attached hydrogen (secondary N) is 2. The van der Waals surface area contributed by atoms with Crippen molar-refractivity contribution in [1.29, 1.82) is 0 Å². The molecule has 0 heterocycles. The predicted molar refractivity (Wildman–Crippen MR) is 140 cm³/mol. The minimum absolute atomic E-state index is 0.0529. The zero-order valence-electron chi connectivity index (χ0n) is 20.4. The molecule has 200 valence electrons. The number of carbonyl (C=O) groups excluding carboxylic acids is 1. The van der Waals surface area contributed by atoms with Crippen LogP contribution in [0.5, 0.6) is 0 Å². The summed E-state index contributed by atoms with van der Waals surface area (Å²) in [5.41, 5.74) is 2.30. The Morgan fingerprint density at radius 3 is 2.50 bits per heavy atom. The molecule has 0 aromatic heterocycles. The summed E-state index contributed by atoms with van der Waals surface area (Å²) in [7, 11) is -4.13. The van der Waals surface area contributed by atoms with Crippen molar-refractivity contribution in [3.8, 4) is 0 Å². The molecule has 0 bridgehead atoms. The number of fused-ring (bicyclic) bond motifs is 1. The van der Waals surface area contributed by atoms with Gasteiger partial charge in [-0.1, -0.05) is 60.7 Å². The van der Waals surface area contributed by atoms with Crippen LogP contribution in [0.4, 0.5) is 5.69 Å². The zero-order chi connectivity index (χ0) is 27.3. The first-order valence-electron chi connectivity index (χ1n) is 12.2. The lowest BCUT2D eigenvalue weighted by atomic mass is 9.92. The SMILES string of the molecule is O=C(N[C@H]1c2ccccc2C[C@H]1O)[C@H](Cc1ccccc1)C[C@H](O)CNS(=O)(=O)c1cccc([N+](=O)[O-])c1. The first-order valence-corrected chi connectivity index (χ1v) is 13.6. The lowest BCUT2D eigenvalue weighted by molar-refractivity contribution is -0.385. The topological polar surface area (TPSA) is 159 Å². The summed E-state index contributed by atoms with van der Waals surface area (Å²) in [4.78, 5) is 23.4. The Kier molecular flexibility index (Phi) is 8.52. The number of nitro benzene ring substituents is 1. The number of aliphatic hydroxyl groups excluding tert-OH is 2. The average molecular weight is 540 g/mol. The molecule has 0 saturated carbocycles. The molecule has 4 N–H and O–H groups in total. The normalized spacial score (nSPS) is 18.4. The van der Waals surface area contributed by atoms with Crippen molar-refractivity contribution in [1.82, 2.24) is 10.0 Å². The number of carbonyl (C=O) groups is 1. The van der Waals surface area contributed by atoms with Crippen LogP contribution in [-0.4, -0.2) is 48.2 Å². The minimum Gasteiger partial charge on any atom is -0.392 e. The van der Waals surface area contributed by atoms with Crippen LogP contribution in [0.25, 0.3) is 0 Å². The molecule has 3 aromatic carbocycles. The molecule has 4 rings (SSSR count). The summed E-state index contributed by atoms with van der Waals surface area (Å²) >= 11 is 0. The third-order valence-corrected chi connectivity index (χ3v) is 8.02. The molecular formula is C27H29N3O7S. The van der Waals surface area contributed by atoms with Gasteiger partial charge in [0.05, 0.1) is 28.1 Å². The second-order valence-corrected chi connectivity index (χ2v) is 11.1. The van der Waals surface area contributed by atoms with Gasteiger partial charge < -0.3 is 15.5 Å². The number of sulfonamides is 1. The molecule has 10 nitrogen and oxygen atoms in total. The van der Waals surface area contributed by atoms with Gasteiger partial charge in [-0.05, 0) is 35.6 Å². The highest BCUT2D eigenvalue weighted by molar-refractivity contribution is 7.89. The van der Waals surface area contributed by atoms with Crippen LogP contribution >= 0.6 is 0 Å². The van der Waals surface area contributed by atoms with Gasteiger partial charge in [-0.25, -0.2) is 13.1 Å². The maximum Gasteiger partial charge on any atom is 0.270 e. The number of aliphatic hydroxyl groups is 2. The Balaban J connectivity index is 1.45. The van der Waals surface area contributed by atoms with Crippen LogP contribution in [-0.2, 0) is 27.7 Å². The Morgan fingerprint density at radius 2 is 1.76 bits per heavy atom. The van der Waals surface area contributed by atoms with Crippen molar-refractivity contribution in [2.75, 3.05) is 6.54 Å². The highest BCUT2D eigenvalue weighted by Gasteiger charge is 2.34. The fraction of sp³-hybridized carbons (Fsp3) is 0.296. The van der Waals surface area contributed by atoms with Crippen molar-refractivity contribution in [2.24, 2.45) is 5.92 Å². The van der Waals surface area contributed by atoms with Crippen LogP contribution in [0.1, 0.15) is 29.2 Å². The summed E-state index contributed by atoms with van der Waals surface area (Å²) in [5.74, 6) is -1.08. The predicted octanol–water partition coefficient (Wildman–Crippen LogP) is 2.26. The monoisotopic (exact) mass is 539 g/mol. The van der Waals surface area contributed by atoms with Gasteiger partial charge in [0.2, 0.25) is 15.9 Å². The van der Waals surface area contributed by atoms with E-state index in [1.807, 2.05) is 54.6 Å². The van der Waals surface area contributed by atoms with E-state index in [9.17, 15) is 33.5 Å². The molecule has 38 heavy (non-hydrogen) atoms. The van der Waals surface area contributed by atoms with E-state index >= 15 is 0 Å². The van der Waals surface area contributed by atoms with Gasteiger partial charge in [-0.2, -0.15) is 0 Å². The number of amides is 1. The number of nitro groups is 1. The molecule has 0 spiro atoms. The van der Waals surface area contributed by atoms with E-state index in [1.165, 1.54) is 18.2 Å². The Hall–Kier alpha value is -3.64. The zero-order valence-corrected chi connectivity index (χ0v) is 21.3. The van der Waals surface area contributed by atoms with Crippen LogP contribution in [0.2, 0.25) is 0 Å². The third kappa shape index (κ3) is 6.62. The smallest absolute Gasteiger partial charge is 0.270 e. The van der Waals surface area contributed by atoms with E-state index in [1.54, 1.807) is 0 Å². The summed E-state index contributed by atoms with van der Waals surface area (Å²) in [5, 5.41) is 35.2. The third-order valence-electron chi connectivity index (χ3n) is 6.60. The quantitative estimate of drug-likeness (QED) is 0.215. The summed E-state index contributed by atoms with van der Waals surface area (Å²) in [6.45, 7) is -0.390. The van der Waals surface area contributed by atoms with Gasteiger partial charge in [0.1, 0.15) is 0 Å². The first-order chi connectivity index (χ1) is 18.1. The standard InChI is InChI=1S/C27H29N3O7S/c31-22(17-28-38(36,37)23-11-6-10-21(16-23)30(34)35)14-20(13-18-7-2-1-3-8-18)27(33)29-26-24-12-5-4-9-19(24)15-25(26)32/h1-12,16,20,22,25-26,28,31-32H,13-15,17H2,(H,29,33)/t20-,22+,25-,26+/m1/s1. The molecule has 11 heteroatoms. The second-order valence-electron chi connectivity index (χ2n) is 9.34. The van der Waals surface area contributed by atoms with E-state index in [-0.39, 0.29) is 22.9 Å². The van der Waals surface area contributed by atoms with Gasteiger partial charge in [-0.15, -0.1) is 0 Å². The highest BCUT2D eigenvalue weighted by atomic mass is 32.2. The molecule has 0 saturated heterocycles. The van der Waals surface area contributed by atoms with E-state index in [4.69, 9.17) is 0 Å². The fourth-order valence-corrected chi connectivity index (χ4v) is 5.78. The molecule has 0 aliphatic heterocycles. The molecule has 1 aliphatic carbocycles. The lowest BCUT2D eigenvalue weighted by Crippen LogP contribution is -2.41. The Labute approximate surface area is 220 Å². The number of rotatable bonds is 11. The van der Waals surface area contributed by atoms with E-state index in [2.05, 4.69) is 10.0 Å². The lowest BCUT2D eigenvalue weighted by Gasteiger charge is -2.24. The molecule has 1 aliphatic rings. The van der Waals surface area contributed by atoms with Crippen molar-refractivity contribution in [2.45, 2.75) is 42.4 Å². The van der Waals surface area contributed by atoms with Crippen LogP contribution in [0, 0.1) is 16.0 Å².